The Morgan fingerprint density at radius 1 is 1.58 bits per heavy atom. The highest BCUT2D eigenvalue weighted by atomic mass is 16.4. The number of rotatable bonds is 6. The number of aliphatic hydroxyl groups is 1. The SMILES string of the molecule is O=C(CCN1CCCC1=O)NCC(O)c1ccco1. The summed E-state index contributed by atoms with van der Waals surface area (Å²) in [5.41, 5.74) is 0. The molecule has 19 heavy (non-hydrogen) atoms. The topological polar surface area (TPSA) is 82.8 Å². The number of carbonyl (C=O) groups is 2. The van der Waals surface area contributed by atoms with Crippen LogP contribution in [0.4, 0.5) is 0 Å². The first-order valence-corrected chi connectivity index (χ1v) is 6.43. The van der Waals surface area contributed by atoms with Gasteiger partial charge < -0.3 is 19.7 Å². The van der Waals surface area contributed by atoms with Crippen LogP contribution in [0.5, 0.6) is 0 Å². The maximum Gasteiger partial charge on any atom is 0.222 e. The van der Waals surface area contributed by atoms with Crippen LogP contribution in [0.3, 0.4) is 0 Å². The molecule has 1 aromatic rings. The number of furan rings is 1. The monoisotopic (exact) mass is 266 g/mol. The van der Waals surface area contributed by atoms with Gasteiger partial charge in [0.1, 0.15) is 11.9 Å². The van der Waals surface area contributed by atoms with E-state index >= 15 is 0 Å². The third-order valence-corrected chi connectivity index (χ3v) is 3.14. The fourth-order valence-electron chi connectivity index (χ4n) is 2.06. The normalized spacial score (nSPS) is 16.7. The van der Waals surface area contributed by atoms with Crippen molar-refractivity contribution in [2.24, 2.45) is 0 Å². The molecule has 1 aliphatic rings. The van der Waals surface area contributed by atoms with E-state index in [1.165, 1.54) is 6.26 Å². The van der Waals surface area contributed by atoms with Crippen LogP contribution < -0.4 is 5.32 Å². The van der Waals surface area contributed by atoms with Gasteiger partial charge in [-0.2, -0.15) is 0 Å². The zero-order valence-electron chi connectivity index (χ0n) is 10.7. The number of nitrogens with zero attached hydrogens (tertiary/aromatic N) is 1. The standard InChI is InChI=1S/C13H18N2O4/c16-10(11-3-2-8-19-11)9-14-12(17)5-7-15-6-1-4-13(15)18/h2-3,8,10,16H,1,4-7,9H2,(H,14,17). The average Bonchev–Trinajstić information content (AvgIpc) is 3.05. The van der Waals surface area contributed by atoms with Crippen LogP contribution >= 0.6 is 0 Å². The van der Waals surface area contributed by atoms with Gasteiger partial charge in [0, 0.05) is 25.9 Å². The summed E-state index contributed by atoms with van der Waals surface area (Å²) in [6.45, 7) is 1.29. The van der Waals surface area contributed by atoms with Gasteiger partial charge in [0.2, 0.25) is 11.8 Å². The first-order valence-electron chi connectivity index (χ1n) is 6.43. The molecule has 0 saturated carbocycles. The first-order chi connectivity index (χ1) is 9.16. The molecule has 6 heteroatoms. The highest BCUT2D eigenvalue weighted by Gasteiger charge is 2.20. The van der Waals surface area contributed by atoms with Crippen molar-refractivity contribution in [2.45, 2.75) is 25.4 Å². The molecule has 2 N–H and O–H groups in total. The molecular formula is C13H18N2O4. The van der Waals surface area contributed by atoms with Crippen molar-refractivity contribution in [3.63, 3.8) is 0 Å². The minimum atomic E-state index is -0.840. The molecule has 0 radical (unpaired) electrons. The van der Waals surface area contributed by atoms with Crippen molar-refractivity contribution in [1.29, 1.82) is 0 Å². The summed E-state index contributed by atoms with van der Waals surface area (Å²) >= 11 is 0. The van der Waals surface area contributed by atoms with E-state index in [4.69, 9.17) is 4.42 Å². The molecule has 0 spiro atoms. The summed E-state index contributed by atoms with van der Waals surface area (Å²) < 4.78 is 5.03. The number of hydrogen-bond donors (Lipinski definition) is 2. The number of carbonyl (C=O) groups excluding carboxylic acids is 2. The van der Waals surface area contributed by atoms with E-state index in [2.05, 4.69) is 5.32 Å². The lowest BCUT2D eigenvalue weighted by Crippen LogP contribution is -2.33. The number of aliphatic hydroxyl groups excluding tert-OH is 1. The Bertz CT molecular complexity index is 430. The van der Waals surface area contributed by atoms with Crippen molar-refractivity contribution in [3.8, 4) is 0 Å². The summed E-state index contributed by atoms with van der Waals surface area (Å²) in [5, 5.41) is 12.3. The fraction of sp³-hybridized carbons (Fsp3) is 0.538. The first kappa shape index (κ1) is 13.6. The summed E-state index contributed by atoms with van der Waals surface area (Å²) in [6.07, 6.45) is 2.35. The lowest BCUT2D eigenvalue weighted by atomic mass is 10.2. The summed E-state index contributed by atoms with van der Waals surface area (Å²) in [4.78, 5) is 24.6. The predicted octanol–water partition coefficient (Wildman–Crippen LogP) is 0.442. The smallest absolute Gasteiger partial charge is 0.222 e. The van der Waals surface area contributed by atoms with Gasteiger partial charge in [-0.05, 0) is 18.6 Å². The molecule has 2 amide bonds. The summed E-state index contributed by atoms with van der Waals surface area (Å²) in [5.74, 6) is 0.365. The van der Waals surface area contributed by atoms with Gasteiger partial charge in [-0.3, -0.25) is 9.59 Å². The highest BCUT2D eigenvalue weighted by molar-refractivity contribution is 5.80. The van der Waals surface area contributed by atoms with Crippen LogP contribution in [-0.2, 0) is 9.59 Å². The van der Waals surface area contributed by atoms with Crippen molar-refractivity contribution >= 4 is 11.8 Å². The van der Waals surface area contributed by atoms with Crippen molar-refractivity contribution < 1.29 is 19.1 Å². The molecule has 1 saturated heterocycles. The number of likely N-dealkylation sites (tertiary alicyclic amines) is 1. The van der Waals surface area contributed by atoms with Gasteiger partial charge in [-0.15, -0.1) is 0 Å². The second-order valence-corrected chi connectivity index (χ2v) is 4.57. The lowest BCUT2D eigenvalue weighted by Gasteiger charge is -2.15. The van der Waals surface area contributed by atoms with Crippen LogP contribution in [0.2, 0.25) is 0 Å². The molecule has 0 aliphatic carbocycles. The van der Waals surface area contributed by atoms with Crippen molar-refractivity contribution in [1.82, 2.24) is 10.2 Å². The second-order valence-electron chi connectivity index (χ2n) is 4.57. The van der Waals surface area contributed by atoms with Gasteiger partial charge in [-0.1, -0.05) is 0 Å². The third kappa shape index (κ3) is 3.82. The maximum absolute atomic E-state index is 11.6. The van der Waals surface area contributed by atoms with Gasteiger partial charge in [0.15, 0.2) is 0 Å². The summed E-state index contributed by atoms with van der Waals surface area (Å²) in [7, 11) is 0. The third-order valence-electron chi connectivity index (χ3n) is 3.14. The van der Waals surface area contributed by atoms with Gasteiger partial charge in [0.05, 0.1) is 12.8 Å². The second kappa shape index (κ2) is 6.38. The minimum absolute atomic E-state index is 0.111. The zero-order chi connectivity index (χ0) is 13.7. The number of hydrogen-bond acceptors (Lipinski definition) is 4. The largest absolute Gasteiger partial charge is 0.467 e. The van der Waals surface area contributed by atoms with E-state index in [1.807, 2.05) is 0 Å². The molecule has 2 heterocycles. The quantitative estimate of drug-likeness (QED) is 0.782. The van der Waals surface area contributed by atoms with E-state index in [9.17, 15) is 14.7 Å². The number of nitrogens with one attached hydrogen (secondary N) is 1. The van der Waals surface area contributed by atoms with Gasteiger partial charge in [0.25, 0.3) is 0 Å². The molecule has 0 bridgehead atoms. The maximum atomic E-state index is 11.6. The molecular weight excluding hydrogens is 248 g/mol. The highest BCUT2D eigenvalue weighted by Crippen LogP contribution is 2.12. The molecule has 104 valence electrons. The Balaban J connectivity index is 1.66. The van der Waals surface area contributed by atoms with Gasteiger partial charge >= 0.3 is 0 Å². The van der Waals surface area contributed by atoms with E-state index in [0.717, 1.165) is 13.0 Å². The molecule has 1 unspecified atom stereocenters. The Labute approximate surface area is 111 Å². The molecule has 1 aromatic heterocycles. The summed E-state index contributed by atoms with van der Waals surface area (Å²) in [6, 6.07) is 3.33. The van der Waals surface area contributed by atoms with Crippen molar-refractivity contribution in [2.75, 3.05) is 19.6 Å². The Morgan fingerprint density at radius 2 is 2.42 bits per heavy atom. The predicted molar refractivity (Wildman–Crippen MR) is 67.1 cm³/mol. The van der Waals surface area contributed by atoms with E-state index < -0.39 is 6.10 Å². The molecule has 1 aliphatic heterocycles. The Morgan fingerprint density at radius 3 is 3.05 bits per heavy atom. The molecule has 2 rings (SSSR count). The van der Waals surface area contributed by atoms with Gasteiger partial charge in [-0.25, -0.2) is 0 Å². The molecule has 1 fully saturated rings. The van der Waals surface area contributed by atoms with Crippen LogP contribution in [0, 0.1) is 0 Å². The molecule has 0 aromatic carbocycles. The Hall–Kier alpha value is -1.82. The average molecular weight is 266 g/mol. The fourth-order valence-corrected chi connectivity index (χ4v) is 2.06. The van der Waals surface area contributed by atoms with Crippen LogP contribution in [0.1, 0.15) is 31.1 Å². The lowest BCUT2D eigenvalue weighted by molar-refractivity contribution is -0.128. The van der Waals surface area contributed by atoms with E-state index in [1.54, 1.807) is 17.0 Å². The zero-order valence-corrected chi connectivity index (χ0v) is 10.7. The van der Waals surface area contributed by atoms with Crippen molar-refractivity contribution in [3.05, 3.63) is 24.2 Å². The van der Waals surface area contributed by atoms with Crippen LogP contribution in [0.15, 0.2) is 22.8 Å². The van der Waals surface area contributed by atoms with E-state index in [0.29, 0.717) is 18.7 Å². The van der Waals surface area contributed by atoms with Crippen LogP contribution in [-0.4, -0.2) is 41.5 Å². The van der Waals surface area contributed by atoms with Crippen LogP contribution in [0.25, 0.3) is 0 Å². The number of amides is 2. The molecule has 1 atom stereocenters. The minimum Gasteiger partial charge on any atom is -0.467 e. The molecule has 6 nitrogen and oxygen atoms in total. The Kier molecular flexibility index (Phi) is 4.57. The van der Waals surface area contributed by atoms with E-state index in [-0.39, 0.29) is 24.8 Å².